The number of nitrogens with zero attached hydrogens (tertiary/aromatic N) is 1. The summed E-state index contributed by atoms with van der Waals surface area (Å²) in [6, 6.07) is 7.72. The van der Waals surface area contributed by atoms with Gasteiger partial charge in [-0.1, -0.05) is 0 Å². The number of nitrogens with one attached hydrogen (secondary N) is 3. The van der Waals surface area contributed by atoms with E-state index in [0.717, 1.165) is 30.0 Å². The molecule has 0 aromatic heterocycles. The van der Waals surface area contributed by atoms with Crippen molar-refractivity contribution in [3.05, 3.63) is 24.3 Å². The van der Waals surface area contributed by atoms with E-state index in [1.165, 1.54) is 0 Å². The summed E-state index contributed by atoms with van der Waals surface area (Å²) in [5.74, 6) is -0.299. The molecule has 0 aliphatic carbocycles. The van der Waals surface area contributed by atoms with Gasteiger partial charge in [0.2, 0.25) is 11.8 Å². The Morgan fingerprint density at radius 2 is 1.81 bits per heavy atom. The smallest absolute Gasteiger partial charge is 0.407 e. The number of benzene rings is 1. The van der Waals surface area contributed by atoms with Crippen molar-refractivity contribution in [2.75, 3.05) is 44.3 Å². The van der Waals surface area contributed by atoms with E-state index in [9.17, 15) is 14.4 Å². The molecule has 172 valence electrons. The van der Waals surface area contributed by atoms with Crippen LogP contribution in [-0.2, 0) is 14.3 Å². The highest BCUT2D eigenvalue weighted by Gasteiger charge is 2.26. The molecule has 8 nitrogen and oxygen atoms in total. The number of piperidine rings is 1. The van der Waals surface area contributed by atoms with Gasteiger partial charge in [-0.2, -0.15) is 0 Å². The molecule has 1 aromatic carbocycles. The van der Waals surface area contributed by atoms with E-state index in [1.54, 1.807) is 32.5 Å². The Morgan fingerprint density at radius 3 is 2.45 bits per heavy atom. The van der Waals surface area contributed by atoms with Gasteiger partial charge in [0.05, 0.1) is 12.5 Å². The van der Waals surface area contributed by atoms with Crippen LogP contribution in [-0.4, -0.2) is 67.4 Å². The number of ether oxygens (including phenoxy) is 1. The molecule has 0 spiro atoms. The van der Waals surface area contributed by atoms with E-state index >= 15 is 0 Å². The molecule has 0 radical (unpaired) electrons. The van der Waals surface area contributed by atoms with Crippen molar-refractivity contribution >= 4 is 35.4 Å². The van der Waals surface area contributed by atoms with Gasteiger partial charge in [-0.3, -0.25) is 14.5 Å². The molecule has 0 saturated carbocycles. The lowest BCUT2D eigenvalue weighted by molar-refractivity contribution is -0.127. The zero-order valence-corrected chi connectivity index (χ0v) is 19.6. The van der Waals surface area contributed by atoms with Crippen molar-refractivity contribution in [3.8, 4) is 0 Å². The second kappa shape index (κ2) is 12.0. The number of amides is 3. The third-order valence-electron chi connectivity index (χ3n) is 4.71. The fourth-order valence-electron chi connectivity index (χ4n) is 3.30. The van der Waals surface area contributed by atoms with Crippen LogP contribution in [0.15, 0.2) is 29.2 Å². The Kier molecular flexibility index (Phi) is 9.64. The number of hydrogen-bond acceptors (Lipinski definition) is 6. The highest BCUT2D eigenvalue weighted by Crippen LogP contribution is 2.19. The van der Waals surface area contributed by atoms with E-state index in [4.69, 9.17) is 4.74 Å². The van der Waals surface area contributed by atoms with E-state index < -0.39 is 11.7 Å². The first-order valence-electron chi connectivity index (χ1n) is 10.6. The SMILES string of the molecule is CSc1ccc(NC(=O)CN2CCCC(C(=O)NCCNC(=O)OC(C)(C)C)C2)cc1. The van der Waals surface area contributed by atoms with Crippen molar-refractivity contribution in [3.63, 3.8) is 0 Å². The Hall–Kier alpha value is -2.26. The number of alkyl carbamates (subject to hydrolysis) is 1. The number of thioether (sulfide) groups is 1. The van der Waals surface area contributed by atoms with E-state index in [2.05, 4.69) is 16.0 Å². The quantitative estimate of drug-likeness (QED) is 0.416. The summed E-state index contributed by atoms with van der Waals surface area (Å²) in [5, 5.41) is 8.39. The molecule has 1 aliphatic heterocycles. The average molecular weight is 451 g/mol. The minimum absolute atomic E-state index is 0.0521. The molecule has 1 fully saturated rings. The summed E-state index contributed by atoms with van der Waals surface area (Å²) >= 11 is 1.65. The molecule has 1 aromatic rings. The highest BCUT2D eigenvalue weighted by molar-refractivity contribution is 7.98. The number of rotatable bonds is 8. The molecule has 2 rings (SSSR count). The van der Waals surface area contributed by atoms with E-state index in [0.29, 0.717) is 19.6 Å². The van der Waals surface area contributed by atoms with Gasteiger partial charge in [0.1, 0.15) is 5.60 Å². The Morgan fingerprint density at radius 1 is 1.13 bits per heavy atom. The van der Waals surface area contributed by atoms with Crippen LogP contribution < -0.4 is 16.0 Å². The lowest BCUT2D eigenvalue weighted by Crippen LogP contribution is -2.46. The number of carbonyl (C=O) groups excluding carboxylic acids is 3. The van der Waals surface area contributed by atoms with Crippen molar-refractivity contribution < 1.29 is 19.1 Å². The van der Waals surface area contributed by atoms with Crippen molar-refractivity contribution in [2.24, 2.45) is 5.92 Å². The summed E-state index contributed by atoms with van der Waals surface area (Å²) in [7, 11) is 0. The average Bonchev–Trinajstić information content (AvgIpc) is 2.70. The minimum Gasteiger partial charge on any atom is -0.444 e. The normalized spacial score (nSPS) is 17.0. The van der Waals surface area contributed by atoms with Crippen LogP contribution in [0.25, 0.3) is 0 Å². The first-order valence-corrected chi connectivity index (χ1v) is 11.8. The number of likely N-dealkylation sites (tertiary alicyclic amines) is 1. The molecular weight excluding hydrogens is 416 g/mol. The van der Waals surface area contributed by atoms with Crippen LogP contribution in [0.3, 0.4) is 0 Å². The third kappa shape index (κ3) is 9.61. The minimum atomic E-state index is -0.552. The summed E-state index contributed by atoms with van der Waals surface area (Å²) in [6.45, 7) is 7.62. The van der Waals surface area contributed by atoms with Crippen LogP contribution in [0, 0.1) is 5.92 Å². The van der Waals surface area contributed by atoms with Gasteiger partial charge < -0.3 is 20.7 Å². The third-order valence-corrected chi connectivity index (χ3v) is 5.45. The second-order valence-corrected chi connectivity index (χ2v) is 9.45. The summed E-state index contributed by atoms with van der Waals surface area (Å²) < 4.78 is 5.16. The molecular formula is C22H34N4O4S. The van der Waals surface area contributed by atoms with E-state index in [1.807, 2.05) is 35.4 Å². The summed E-state index contributed by atoms with van der Waals surface area (Å²) in [6.07, 6.45) is 3.16. The Labute approximate surface area is 188 Å². The Balaban J connectivity index is 1.69. The summed E-state index contributed by atoms with van der Waals surface area (Å²) in [4.78, 5) is 39.6. The Bertz CT molecular complexity index is 749. The zero-order chi connectivity index (χ0) is 22.9. The molecule has 3 N–H and O–H groups in total. The maximum absolute atomic E-state index is 12.5. The molecule has 31 heavy (non-hydrogen) atoms. The van der Waals surface area contributed by atoms with Gasteiger partial charge in [-0.25, -0.2) is 4.79 Å². The van der Waals surface area contributed by atoms with Crippen LogP contribution in [0.5, 0.6) is 0 Å². The highest BCUT2D eigenvalue weighted by atomic mass is 32.2. The van der Waals surface area contributed by atoms with Gasteiger partial charge in [0, 0.05) is 30.2 Å². The lowest BCUT2D eigenvalue weighted by Gasteiger charge is -2.31. The monoisotopic (exact) mass is 450 g/mol. The fourth-order valence-corrected chi connectivity index (χ4v) is 3.71. The van der Waals surface area contributed by atoms with Crippen LogP contribution in [0.4, 0.5) is 10.5 Å². The molecule has 1 aliphatic rings. The maximum Gasteiger partial charge on any atom is 0.407 e. The summed E-state index contributed by atoms with van der Waals surface area (Å²) in [5.41, 5.74) is 0.218. The molecule has 0 bridgehead atoms. The molecule has 9 heteroatoms. The van der Waals surface area contributed by atoms with Crippen LogP contribution in [0.1, 0.15) is 33.6 Å². The van der Waals surface area contributed by atoms with Gasteiger partial charge in [-0.15, -0.1) is 11.8 Å². The van der Waals surface area contributed by atoms with Crippen molar-refractivity contribution in [2.45, 2.75) is 44.1 Å². The van der Waals surface area contributed by atoms with Gasteiger partial charge >= 0.3 is 6.09 Å². The van der Waals surface area contributed by atoms with Crippen LogP contribution >= 0.6 is 11.8 Å². The largest absolute Gasteiger partial charge is 0.444 e. The predicted octanol–water partition coefficient (Wildman–Crippen LogP) is 2.70. The topological polar surface area (TPSA) is 99.8 Å². The van der Waals surface area contributed by atoms with Gasteiger partial charge in [0.25, 0.3) is 0 Å². The molecule has 1 unspecified atom stereocenters. The first kappa shape index (κ1) is 25.0. The fraction of sp³-hybridized carbons (Fsp3) is 0.591. The number of carbonyl (C=O) groups is 3. The first-order chi connectivity index (χ1) is 14.7. The molecule has 1 atom stereocenters. The van der Waals surface area contributed by atoms with Crippen molar-refractivity contribution in [1.29, 1.82) is 0 Å². The van der Waals surface area contributed by atoms with Crippen LogP contribution in [0.2, 0.25) is 0 Å². The lowest BCUT2D eigenvalue weighted by atomic mass is 9.97. The number of anilines is 1. The maximum atomic E-state index is 12.5. The van der Waals surface area contributed by atoms with Gasteiger partial charge in [0.15, 0.2) is 0 Å². The zero-order valence-electron chi connectivity index (χ0n) is 18.8. The van der Waals surface area contributed by atoms with Crippen molar-refractivity contribution in [1.82, 2.24) is 15.5 Å². The van der Waals surface area contributed by atoms with E-state index in [-0.39, 0.29) is 24.3 Å². The molecule has 1 heterocycles. The molecule has 3 amide bonds. The molecule has 1 saturated heterocycles. The predicted molar refractivity (Wildman–Crippen MR) is 123 cm³/mol. The number of hydrogen-bond donors (Lipinski definition) is 3. The standard InChI is InChI=1S/C22H34N4O4S/c1-22(2,3)30-21(29)24-12-11-23-20(28)16-6-5-13-26(14-16)15-19(27)25-17-7-9-18(31-4)10-8-17/h7-10,16H,5-6,11-15H2,1-4H3,(H,23,28)(H,24,29)(H,25,27). The second-order valence-electron chi connectivity index (χ2n) is 8.57. The van der Waals surface area contributed by atoms with Gasteiger partial charge in [-0.05, 0) is 70.7 Å².